The highest BCUT2D eigenvalue weighted by Crippen LogP contribution is 2.23. The Kier molecular flexibility index (Phi) is 4.84. The summed E-state index contributed by atoms with van der Waals surface area (Å²) >= 11 is 1.44. The lowest BCUT2D eigenvalue weighted by atomic mass is 10.2. The van der Waals surface area contributed by atoms with Gasteiger partial charge in [0.2, 0.25) is 5.91 Å². The molecule has 7 nitrogen and oxygen atoms in total. The number of carbonyl (C=O) groups is 3. The van der Waals surface area contributed by atoms with Gasteiger partial charge < -0.3 is 9.80 Å². The molecule has 24 heavy (non-hydrogen) atoms. The van der Waals surface area contributed by atoms with Crippen LogP contribution in [0, 0.1) is 0 Å². The molecule has 0 N–H and O–H groups in total. The average Bonchev–Trinajstić information content (AvgIpc) is 2.85. The molecule has 0 unspecified atom stereocenters. The molecular weight excluding hydrogens is 328 g/mol. The van der Waals surface area contributed by atoms with Crippen LogP contribution in [-0.4, -0.2) is 75.5 Å². The fraction of sp³-hybridized carbons (Fsp3) is 0.375. The molecule has 2 aliphatic heterocycles. The summed E-state index contributed by atoms with van der Waals surface area (Å²) in [5.74, 6) is 0.0213. The van der Waals surface area contributed by atoms with E-state index in [1.807, 2.05) is 12.1 Å². The van der Waals surface area contributed by atoms with Crippen molar-refractivity contribution in [2.24, 2.45) is 0 Å². The first kappa shape index (κ1) is 16.5. The number of rotatable bonds is 5. The molecule has 1 aromatic rings. The first-order valence-electron chi connectivity index (χ1n) is 7.65. The molecule has 3 rings (SSSR count). The van der Waals surface area contributed by atoms with Crippen LogP contribution in [0.4, 0.5) is 4.79 Å². The molecular formula is C16H18N4O3S. The van der Waals surface area contributed by atoms with Gasteiger partial charge in [-0.2, -0.15) is 0 Å². The van der Waals surface area contributed by atoms with Gasteiger partial charge in [-0.05, 0) is 12.1 Å². The van der Waals surface area contributed by atoms with Crippen molar-refractivity contribution in [3.8, 4) is 0 Å². The third-order valence-corrected chi connectivity index (χ3v) is 5.08. The molecule has 0 aliphatic carbocycles. The minimum atomic E-state index is -0.568. The standard InChI is InChI=1S/C16H18N4O3S/c1-2-7-20-15(22)13-10-18(8-9-19(13)16(20)23)14(21)11-24-12-3-5-17-6-4-12/h2-6,13H,1,7-11H2/t13-/m1/s1. The highest BCUT2D eigenvalue weighted by atomic mass is 32.2. The lowest BCUT2D eigenvalue weighted by Gasteiger charge is -2.35. The summed E-state index contributed by atoms with van der Waals surface area (Å²) in [6.07, 6.45) is 4.90. The lowest BCUT2D eigenvalue weighted by molar-refractivity contribution is -0.134. The molecule has 1 aromatic heterocycles. The first-order chi connectivity index (χ1) is 11.6. The van der Waals surface area contributed by atoms with Crippen LogP contribution >= 0.6 is 11.8 Å². The smallest absolute Gasteiger partial charge is 0.327 e. The topological polar surface area (TPSA) is 73.8 Å². The maximum absolute atomic E-state index is 12.4. The van der Waals surface area contributed by atoms with Crippen molar-refractivity contribution >= 4 is 29.6 Å². The molecule has 2 aliphatic rings. The van der Waals surface area contributed by atoms with Crippen LogP contribution in [0.2, 0.25) is 0 Å². The van der Waals surface area contributed by atoms with E-state index in [-0.39, 0.29) is 30.9 Å². The number of aromatic nitrogens is 1. The molecule has 0 spiro atoms. The van der Waals surface area contributed by atoms with E-state index < -0.39 is 6.04 Å². The van der Waals surface area contributed by atoms with Crippen molar-refractivity contribution in [1.82, 2.24) is 19.7 Å². The molecule has 126 valence electrons. The van der Waals surface area contributed by atoms with E-state index in [2.05, 4.69) is 11.6 Å². The minimum Gasteiger partial charge on any atom is -0.338 e. The number of urea groups is 1. The summed E-state index contributed by atoms with van der Waals surface area (Å²) in [7, 11) is 0. The van der Waals surface area contributed by atoms with Crippen molar-refractivity contribution in [1.29, 1.82) is 0 Å². The molecule has 2 fully saturated rings. The summed E-state index contributed by atoms with van der Waals surface area (Å²) in [5.41, 5.74) is 0. The Labute approximate surface area is 144 Å². The second-order valence-electron chi connectivity index (χ2n) is 5.54. The van der Waals surface area contributed by atoms with Crippen molar-refractivity contribution in [2.75, 3.05) is 31.9 Å². The van der Waals surface area contributed by atoms with Gasteiger partial charge in [0.05, 0.1) is 12.3 Å². The van der Waals surface area contributed by atoms with Gasteiger partial charge in [0.1, 0.15) is 6.04 Å². The number of hydrogen-bond acceptors (Lipinski definition) is 5. The summed E-state index contributed by atoms with van der Waals surface area (Å²) in [5, 5.41) is 0. The van der Waals surface area contributed by atoms with Gasteiger partial charge in [-0.15, -0.1) is 18.3 Å². The number of nitrogens with zero attached hydrogens (tertiary/aromatic N) is 4. The van der Waals surface area contributed by atoms with E-state index in [0.29, 0.717) is 18.8 Å². The highest BCUT2D eigenvalue weighted by Gasteiger charge is 2.47. The summed E-state index contributed by atoms with van der Waals surface area (Å²) in [6, 6.07) is 2.84. The number of carbonyl (C=O) groups excluding carboxylic acids is 3. The van der Waals surface area contributed by atoms with Crippen LogP contribution in [0.3, 0.4) is 0 Å². The Morgan fingerprint density at radius 3 is 2.79 bits per heavy atom. The van der Waals surface area contributed by atoms with E-state index >= 15 is 0 Å². The van der Waals surface area contributed by atoms with Gasteiger partial charge in [0.15, 0.2) is 0 Å². The van der Waals surface area contributed by atoms with Gasteiger partial charge in [-0.3, -0.25) is 19.5 Å². The highest BCUT2D eigenvalue weighted by molar-refractivity contribution is 8.00. The van der Waals surface area contributed by atoms with E-state index in [1.165, 1.54) is 22.7 Å². The zero-order valence-electron chi connectivity index (χ0n) is 13.1. The summed E-state index contributed by atoms with van der Waals surface area (Å²) in [6.45, 7) is 4.87. The number of pyridine rings is 1. The predicted molar refractivity (Wildman–Crippen MR) is 89.3 cm³/mol. The number of thioether (sulfide) groups is 1. The number of piperazine rings is 1. The second-order valence-corrected chi connectivity index (χ2v) is 6.59. The van der Waals surface area contributed by atoms with Crippen LogP contribution in [-0.2, 0) is 9.59 Å². The third kappa shape index (κ3) is 3.14. The molecule has 1 atom stereocenters. The first-order valence-corrected chi connectivity index (χ1v) is 8.64. The fourth-order valence-electron chi connectivity index (χ4n) is 2.85. The minimum absolute atomic E-state index is 0.0288. The molecule has 0 saturated carbocycles. The second kappa shape index (κ2) is 7.04. The maximum Gasteiger partial charge on any atom is 0.327 e. The van der Waals surface area contributed by atoms with Crippen molar-refractivity contribution in [2.45, 2.75) is 10.9 Å². The monoisotopic (exact) mass is 346 g/mol. The average molecular weight is 346 g/mol. The van der Waals surface area contributed by atoms with Crippen LogP contribution < -0.4 is 0 Å². The van der Waals surface area contributed by atoms with E-state index in [0.717, 1.165) is 4.90 Å². The van der Waals surface area contributed by atoms with Crippen LogP contribution in [0.5, 0.6) is 0 Å². The molecule has 0 radical (unpaired) electrons. The maximum atomic E-state index is 12.4. The Bertz CT molecular complexity index is 667. The molecule has 3 heterocycles. The van der Waals surface area contributed by atoms with Crippen LogP contribution in [0.1, 0.15) is 0 Å². The molecule has 2 saturated heterocycles. The van der Waals surface area contributed by atoms with Crippen molar-refractivity contribution < 1.29 is 14.4 Å². The quantitative estimate of drug-likeness (QED) is 0.449. The third-order valence-electron chi connectivity index (χ3n) is 4.08. The number of fused-ring (bicyclic) bond motifs is 1. The predicted octanol–water partition coefficient (Wildman–Crippen LogP) is 0.835. The largest absolute Gasteiger partial charge is 0.338 e. The van der Waals surface area contributed by atoms with Crippen LogP contribution in [0.15, 0.2) is 42.1 Å². The zero-order valence-corrected chi connectivity index (χ0v) is 13.9. The van der Waals surface area contributed by atoms with Gasteiger partial charge in [-0.25, -0.2) is 4.79 Å². The van der Waals surface area contributed by atoms with Crippen LogP contribution in [0.25, 0.3) is 0 Å². The van der Waals surface area contributed by atoms with E-state index in [9.17, 15) is 14.4 Å². The molecule has 4 amide bonds. The normalized spacial score (nSPS) is 20.3. The van der Waals surface area contributed by atoms with Crippen molar-refractivity contribution in [3.63, 3.8) is 0 Å². The molecule has 8 heteroatoms. The van der Waals surface area contributed by atoms with Gasteiger partial charge >= 0.3 is 6.03 Å². The van der Waals surface area contributed by atoms with Gasteiger partial charge in [0, 0.05) is 36.9 Å². The van der Waals surface area contributed by atoms with E-state index in [1.54, 1.807) is 22.2 Å². The number of hydrogen-bond donors (Lipinski definition) is 0. The molecule has 0 aromatic carbocycles. The van der Waals surface area contributed by atoms with Crippen molar-refractivity contribution in [3.05, 3.63) is 37.2 Å². The summed E-state index contributed by atoms with van der Waals surface area (Å²) < 4.78 is 0. The Morgan fingerprint density at radius 2 is 2.08 bits per heavy atom. The SMILES string of the molecule is C=CCN1C(=O)[C@H]2CN(C(=O)CSc3ccncc3)CCN2C1=O. The summed E-state index contributed by atoms with van der Waals surface area (Å²) in [4.78, 5) is 46.3. The van der Waals surface area contributed by atoms with Gasteiger partial charge in [0.25, 0.3) is 5.91 Å². The lowest BCUT2D eigenvalue weighted by Crippen LogP contribution is -2.55. The fourth-order valence-corrected chi connectivity index (χ4v) is 3.63. The zero-order chi connectivity index (χ0) is 17.1. The number of imide groups is 1. The Balaban J connectivity index is 1.60. The Hall–Kier alpha value is -2.35. The Morgan fingerprint density at radius 1 is 1.33 bits per heavy atom. The van der Waals surface area contributed by atoms with Gasteiger partial charge in [-0.1, -0.05) is 6.08 Å². The molecule has 0 bridgehead atoms. The van der Waals surface area contributed by atoms with E-state index in [4.69, 9.17) is 0 Å². The number of amides is 4.